The Hall–Kier alpha value is -1.80. The first-order valence-corrected chi connectivity index (χ1v) is 10.3. The highest BCUT2D eigenvalue weighted by atomic mass is 19.4. The van der Waals surface area contributed by atoms with Gasteiger partial charge in [0.05, 0.1) is 5.92 Å². The average Bonchev–Trinajstić information content (AvgIpc) is 2.98. The molecule has 0 saturated heterocycles. The summed E-state index contributed by atoms with van der Waals surface area (Å²) in [5, 5.41) is 14.9. The molecule has 2 fully saturated rings. The van der Waals surface area contributed by atoms with Crippen LogP contribution in [0.5, 0.6) is 0 Å². The smallest absolute Gasteiger partial charge is 0.354 e. The van der Waals surface area contributed by atoms with Gasteiger partial charge >= 0.3 is 6.18 Å². The van der Waals surface area contributed by atoms with Crippen LogP contribution < -0.4 is 10.6 Å². The third kappa shape index (κ3) is 5.61. The molecule has 1 aromatic rings. The molecule has 1 aromatic heterocycles. The molecule has 9 heteroatoms. The van der Waals surface area contributed by atoms with Crippen LogP contribution in [-0.2, 0) is 13.6 Å². The van der Waals surface area contributed by atoms with Crippen molar-refractivity contribution in [3.63, 3.8) is 0 Å². The molecule has 0 spiro atoms. The maximum atomic E-state index is 13.1. The van der Waals surface area contributed by atoms with Crippen molar-refractivity contribution < 1.29 is 13.2 Å². The lowest BCUT2D eigenvalue weighted by atomic mass is 9.85. The number of alkyl halides is 3. The minimum Gasteiger partial charge on any atom is -0.354 e. The van der Waals surface area contributed by atoms with Gasteiger partial charge in [0.25, 0.3) is 0 Å². The summed E-state index contributed by atoms with van der Waals surface area (Å²) in [6.07, 6.45) is 3.26. The number of hydrogen-bond donors (Lipinski definition) is 2. The summed E-state index contributed by atoms with van der Waals surface area (Å²) < 4.78 is 41.3. The van der Waals surface area contributed by atoms with E-state index in [1.54, 1.807) is 0 Å². The summed E-state index contributed by atoms with van der Waals surface area (Å²) in [5.41, 5.74) is 0. The fraction of sp³-hybridized carbons (Fsp3) is 0.842. The van der Waals surface area contributed by atoms with Gasteiger partial charge in [-0.05, 0) is 39.0 Å². The van der Waals surface area contributed by atoms with Crippen molar-refractivity contribution in [3.8, 4) is 0 Å². The van der Waals surface area contributed by atoms with Crippen LogP contribution in [0.4, 0.5) is 13.2 Å². The van der Waals surface area contributed by atoms with E-state index in [1.165, 1.54) is 19.3 Å². The van der Waals surface area contributed by atoms with E-state index in [0.29, 0.717) is 25.0 Å². The van der Waals surface area contributed by atoms with E-state index in [9.17, 15) is 13.2 Å². The Morgan fingerprint density at radius 1 is 1.04 bits per heavy atom. The third-order valence-electron chi connectivity index (χ3n) is 5.99. The first kappa shape index (κ1) is 20.9. The van der Waals surface area contributed by atoms with Gasteiger partial charge in [0, 0.05) is 19.1 Å². The van der Waals surface area contributed by atoms with Crippen molar-refractivity contribution in [1.82, 2.24) is 25.4 Å². The summed E-state index contributed by atoms with van der Waals surface area (Å²) in [5.74, 6) is 0.913. The van der Waals surface area contributed by atoms with Crippen LogP contribution in [0, 0.1) is 12.8 Å². The number of halogens is 3. The van der Waals surface area contributed by atoms with Crippen molar-refractivity contribution >= 4 is 5.96 Å². The maximum Gasteiger partial charge on any atom is 0.391 e. The van der Waals surface area contributed by atoms with Gasteiger partial charge in [-0.15, -0.1) is 10.2 Å². The summed E-state index contributed by atoms with van der Waals surface area (Å²) in [6.45, 7) is 2.22. The van der Waals surface area contributed by atoms with E-state index < -0.39 is 12.1 Å². The molecule has 2 N–H and O–H groups in total. The molecule has 158 valence electrons. The quantitative estimate of drug-likeness (QED) is 0.599. The zero-order valence-corrected chi connectivity index (χ0v) is 16.7. The Morgan fingerprint density at radius 3 is 2.36 bits per heavy atom. The Morgan fingerprint density at radius 2 is 1.71 bits per heavy atom. The molecule has 3 rings (SSSR count). The molecular formula is C19H31F3N6. The Bertz CT molecular complexity index is 663. The van der Waals surface area contributed by atoms with Crippen LogP contribution in [0.2, 0.25) is 0 Å². The van der Waals surface area contributed by atoms with Crippen LogP contribution in [0.3, 0.4) is 0 Å². The predicted octanol–water partition coefficient (Wildman–Crippen LogP) is 3.61. The van der Waals surface area contributed by atoms with E-state index in [-0.39, 0.29) is 18.9 Å². The van der Waals surface area contributed by atoms with Gasteiger partial charge in [-0.3, -0.25) is 0 Å². The van der Waals surface area contributed by atoms with Crippen molar-refractivity contribution in [2.75, 3.05) is 0 Å². The van der Waals surface area contributed by atoms with E-state index >= 15 is 0 Å². The van der Waals surface area contributed by atoms with E-state index in [4.69, 9.17) is 0 Å². The molecule has 0 aromatic carbocycles. The van der Waals surface area contributed by atoms with Gasteiger partial charge in [-0.2, -0.15) is 13.2 Å². The van der Waals surface area contributed by atoms with Crippen molar-refractivity contribution in [2.45, 2.75) is 89.5 Å². The predicted molar refractivity (Wildman–Crippen MR) is 102 cm³/mol. The molecule has 6 nitrogen and oxygen atoms in total. The molecule has 1 heterocycles. The molecule has 2 aliphatic carbocycles. The van der Waals surface area contributed by atoms with Crippen molar-refractivity contribution in [3.05, 3.63) is 11.6 Å². The van der Waals surface area contributed by atoms with Gasteiger partial charge in [-0.1, -0.05) is 25.7 Å². The molecule has 2 aliphatic rings. The van der Waals surface area contributed by atoms with Gasteiger partial charge in [0.2, 0.25) is 0 Å². The van der Waals surface area contributed by atoms with Crippen molar-refractivity contribution in [1.29, 1.82) is 0 Å². The zero-order chi connectivity index (χ0) is 20.1. The van der Waals surface area contributed by atoms with Gasteiger partial charge in [-0.25, -0.2) is 4.99 Å². The summed E-state index contributed by atoms with van der Waals surface area (Å²) in [7, 11) is 1.89. The van der Waals surface area contributed by atoms with Crippen LogP contribution >= 0.6 is 0 Å². The van der Waals surface area contributed by atoms with Crippen LogP contribution in [0.1, 0.15) is 69.4 Å². The number of nitrogens with zero attached hydrogens (tertiary/aromatic N) is 4. The third-order valence-corrected chi connectivity index (χ3v) is 5.99. The van der Waals surface area contributed by atoms with E-state index in [2.05, 4.69) is 25.8 Å². The second-order valence-corrected chi connectivity index (χ2v) is 8.11. The van der Waals surface area contributed by atoms with E-state index in [0.717, 1.165) is 30.9 Å². The molecule has 2 unspecified atom stereocenters. The molecule has 2 atom stereocenters. The lowest BCUT2D eigenvalue weighted by Gasteiger charge is -2.33. The maximum absolute atomic E-state index is 13.1. The minimum absolute atomic E-state index is 0.109. The lowest BCUT2D eigenvalue weighted by Crippen LogP contribution is -2.50. The van der Waals surface area contributed by atoms with E-state index in [1.807, 2.05) is 18.5 Å². The summed E-state index contributed by atoms with van der Waals surface area (Å²) in [6, 6.07) is 0.111. The highest BCUT2D eigenvalue weighted by Crippen LogP contribution is 2.37. The molecule has 28 heavy (non-hydrogen) atoms. The second-order valence-electron chi connectivity index (χ2n) is 8.11. The molecule has 2 saturated carbocycles. The van der Waals surface area contributed by atoms with Gasteiger partial charge in [0.15, 0.2) is 11.8 Å². The SMILES string of the molecule is Cc1nnc(CN=C(NC2CCCCC2)NC2CCCC(C(F)(F)F)C2)n1C. The van der Waals surface area contributed by atoms with Crippen molar-refractivity contribution in [2.24, 2.45) is 18.0 Å². The Kier molecular flexibility index (Phi) is 6.82. The number of rotatable bonds is 4. The molecular weight excluding hydrogens is 369 g/mol. The number of aromatic nitrogens is 3. The summed E-state index contributed by atoms with van der Waals surface area (Å²) in [4.78, 5) is 4.63. The lowest BCUT2D eigenvalue weighted by molar-refractivity contribution is -0.183. The monoisotopic (exact) mass is 400 g/mol. The number of aliphatic imine (C=N–C) groups is 1. The molecule has 0 radical (unpaired) electrons. The van der Waals surface area contributed by atoms with Gasteiger partial charge < -0.3 is 15.2 Å². The number of hydrogen-bond acceptors (Lipinski definition) is 3. The first-order chi connectivity index (χ1) is 13.3. The summed E-state index contributed by atoms with van der Waals surface area (Å²) >= 11 is 0. The second kappa shape index (κ2) is 9.13. The fourth-order valence-electron chi connectivity index (χ4n) is 4.12. The highest BCUT2D eigenvalue weighted by molar-refractivity contribution is 5.80. The zero-order valence-electron chi connectivity index (χ0n) is 16.7. The van der Waals surface area contributed by atoms with Crippen LogP contribution in [-0.4, -0.2) is 39.0 Å². The normalized spacial score (nSPS) is 25.0. The minimum atomic E-state index is -4.12. The molecule has 0 bridgehead atoms. The largest absolute Gasteiger partial charge is 0.391 e. The van der Waals surface area contributed by atoms with Crippen LogP contribution in [0.25, 0.3) is 0 Å². The van der Waals surface area contributed by atoms with Gasteiger partial charge in [0.1, 0.15) is 12.4 Å². The average molecular weight is 400 g/mol. The number of aryl methyl sites for hydroxylation is 1. The highest BCUT2D eigenvalue weighted by Gasteiger charge is 2.42. The standard InChI is InChI=1S/C19H31F3N6/c1-13-26-27-17(28(13)2)12-23-18(24-15-8-4-3-5-9-15)25-16-10-6-7-14(11-16)19(20,21)22/h14-16H,3-12H2,1-2H3,(H2,23,24,25). The topological polar surface area (TPSA) is 67.1 Å². The van der Waals surface area contributed by atoms with Crippen LogP contribution in [0.15, 0.2) is 4.99 Å². The fourth-order valence-corrected chi connectivity index (χ4v) is 4.12. The molecule has 0 aliphatic heterocycles. The first-order valence-electron chi connectivity index (χ1n) is 10.3. The Labute approximate surface area is 164 Å². The number of guanidine groups is 1. The molecule has 0 amide bonds. The number of nitrogens with one attached hydrogen (secondary N) is 2. The Balaban J connectivity index is 1.68.